The molecule has 1 aliphatic heterocycles. The molecule has 2 N–H and O–H groups in total. The maximum atomic E-state index is 5.40. The molecule has 0 aliphatic carbocycles. The van der Waals surface area contributed by atoms with Gasteiger partial charge in [-0.25, -0.2) is 4.99 Å². The molecule has 1 aromatic carbocycles. The van der Waals surface area contributed by atoms with Crippen molar-refractivity contribution in [3.63, 3.8) is 0 Å². The predicted octanol–water partition coefficient (Wildman–Crippen LogP) is 1.61. The molecule has 6 heteroatoms. The van der Waals surface area contributed by atoms with Crippen LogP contribution in [0.5, 0.6) is 0 Å². The highest BCUT2D eigenvalue weighted by molar-refractivity contribution is 5.79. The van der Waals surface area contributed by atoms with Crippen molar-refractivity contribution in [2.45, 2.75) is 19.9 Å². The van der Waals surface area contributed by atoms with Crippen LogP contribution >= 0.6 is 0 Å². The van der Waals surface area contributed by atoms with Crippen molar-refractivity contribution in [2.75, 3.05) is 58.0 Å². The number of ether oxygens (including phenoxy) is 2. The number of nitrogens with one attached hydrogen (secondary N) is 2. The lowest BCUT2D eigenvalue weighted by molar-refractivity contribution is 0.122. The minimum Gasteiger partial charge on any atom is -0.385 e. The van der Waals surface area contributed by atoms with Crippen molar-refractivity contribution in [3.8, 4) is 0 Å². The van der Waals surface area contributed by atoms with Crippen LogP contribution in [-0.4, -0.2) is 59.1 Å². The molecule has 134 valence electrons. The fraction of sp³-hybridized carbons (Fsp3) is 0.611. The molecule has 1 heterocycles. The largest absolute Gasteiger partial charge is 0.385 e. The third kappa shape index (κ3) is 6.37. The van der Waals surface area contributed by atoms with E-state index in [-0.39, 0.29) is 0 Å². The molecular formula is C18H30N4O2. The van der Waals surface area contributed by atoms with Crippen molar-refractivity contribution < 1.29 is 9.47 Å². The number of rotatable bonds is 8. The minimum atomic E-state index is 0.670. The van der Waals surface area contributed by atoms with Gasteiger partial charge in [-0.15, -0.1) is 0 Å². The van der Waals surface area contributed by atoms with E-state index in [1.807, 2.05) is 0 Å². The van der Waals surface area contributed by atoms with Gasteiger partial charge in [0.1, 0.15) is 0 Å². The second-order valence-electron chi connectivity index (χ2n) is 5.73. The maximum Gasteiger partial charge on any atom is 0.191 e. The second kappa shape index (κ2) is 10.9. The number of hydrogen-bond acceptors (Lipinski definition) is 4. The van der Waals surface area contributed by atoms with Crippen molar-refractivity contribution in [3.05, 3.63) is 29.8 Å². The van der Waals surface area contributed by atoms with Crippen LogP contribution in [0.1, 0.15) is 18.9 Å². The average Bonchev–Trinajstić information content (AvgIpc) is 2.64. The molecule has 0 radical (unpaired) electrons. The first-order valence-corrected chi connectivity index (χ1v) is 8.76. The van der Waals surface area contributed by atoms with E-state index in [1.54, 1.807) is 7.11 Å². The average molecular weight is 334 g/mol. The molecule has 0 unspecified atom stereocenters. The first kappa shape index (κ1) is 18.5. The van der Waals surface area contributed by atoms with Gasteiger partial charge in [-0.1, -0.05) is 12.1 Å². The van der Waals surface area contributed by atoms with Gasteiger partial charge in [0.05, 0.1) is 19.8 Å². The summed E-state index contributed by atoms with van der Waals surface area (Å²) in [6, 6.07) is 8.66. The van der Waals surface area contributed by atoms with E-state index in [0.717, 1.165) is 58.4 Å². The van der Waals surface area contributed by atoms with Crippen LogP contribution in [0.2, 0.25) is 0 Å². The van der Waals surface area contributed by atoms with Gasteiger partial charge in [0.2, 0.25) is 0 Å². The summed E-state index contributed by atoms with van der Waals surface area (Å²) in [5, 5.41) is 6.59. The first-order chi connectivity index (χ1) is 11.8. The quantitative estimate of drug-likeness (QED) is 0.430. The number of hydrogen-bond donors (Lipinski definition) is 2. The predicted molar refractivity (Wildman–Crippen MR) is 98.8 cm³/mol. The van der Waals surface area contributed by atoms with Crippen LogP contribution in [0.3, 0.4) is 0 Å². The molecule has 0 aromatic heterocycles. The van der Waals surface area contributed by atoms with E-state index in [1.165, 1.54) is 11.3 Å². The van der Waals surface area contributed by atoms with Crippen molar-refractivity contribution in [1.82, 2.24) is 10.6 Å². The molecule has 1 aliphatic rings. The SMILES string of the molecule is CCNC(=NCc1ccc(N2CCOCC2)cc1)NCCCOC. The zero-order chi connectivity index (χ0) is 17.0. The summed E-state index contributed by atoms with van der Waals surface area (Å²) in [7, 11) is 1.72. The molecule has 0 atom stereocenters. The van der Waals surface area contributed by atoms with E-state index in [9.17, 15) is 0 Å². The molecule has 2 rings (SSSR count). The fourth-order valence-electron chi connectivity index (χ4n) is 2.57. The van der Waals surface area contributed by atoms with Gasteiger partial charge in [0, 0.05) is 45.6 Å². The fourth-order valence-corrected chi connectivity index (χ4v) is 2.57. The van der Waals surface area contributed by atoms with Crippen molar-refractivity contribution in [2.24, 2.45) is 4.99 Å². The zero-order valence-electron chi connectivity index (χ0n) is 14.9. The molecule has 1 fully saturated rings. The summed E-state index contributed by atoms with van der Waals surface area (Å²) in [6.45, 7) is 8.77. The summed E-state index contributed by atoms with van der Waals surface area (Å²) in [4.78, 5) is 7.00. The number of nitrogens with zero attached hydrogens (tertiary/aromatic N) is 2. The molecule has 0 bridgehead atoms. The van der Waals surface area contributed by atoms with Crippen LogP contribution in [0.4, 0.5) is 5.69 Å². The highest BCUT2D eigenvalue weighted by atomic mass is 16.5. The second-order valence-corrected chi connectivity index (χ2v) is 5.73. The third-order valence-corrected chi connectivity index (χ3v) is 3.89. The molecular weight excluding hydrogens is 304 g/mol. The summed E-state index contributed by atoms with van der Waals surface area (Å²) in [5.74, 6) is 0.853. The van der Waals surface area contributed by atoms with Crippen molar-refractivity contribution >= 4 is 11.6 Å². The van der Waals surface area contributed by atoms with Gasteiger partial charge in [-0.3, -0.25) is 0 Å². The van der Waals surface area contributed by atoms with Crippen LogP contribution in [0.25, 0.3) is 0 Å². The van der Waals surface area contributed by atoms with Crippen LogP contribution in [0.15, 0.2) is 29.3 Å². The van der Waals surface area contributed by atoms with E-state index in [0.29, 0.717) is 6.54 Å². The van der Waals surface area contributed by atoms with Gasteiger partial charge in [-0.05, 0) is 31.0 Å². The van der Waals surface area contributed by atoms with E-state index < -0.39 is 0 Å². The molecule has 0 saturated carbocycles. The number of morpholine rings is 1. The Hall–Kier alpha value is -1.79. The molecule has 1 saturated heterocycles. The molecule has 0 spiro atoms. The molecule has 24 heavy (non-hydrogen) atoms. The van der Waals surface area contributed by atoms with E-state index >= 15 is 0 Å². The van der Waals surface area contributed by atoms with Gasteiger partial charge in [0.25, 0.3) is 0 Å². The topological polar surface area (TPSA) is 58.1 Å². The minimum absolute atomic E-state index is 0.670. The third-order valence-electron chi connectivity index (χ3n) is 3.89. The zero-order valence-corrected chi connectivity index (χ0v) is 14.9. The summed E-state index contributed by atoms with van der Waals surface area (Å²) >= 11 is 0. The number of benzene rings is 1. The van der Waals surface area contributed by atoms with Crippen molar-refractivity contribution in [1.29, 1.82) is 0 Å². The molecule has 1 aromatic rings. The smallest absolute Gasteiger partial charge is 0.191 e. The number of methoxy groups -OCH3 is 1. The van der Waals surface area contributed by atoms with E-state index in [4.69, 9.17) is 9.47 Å². The maximum absolute atomic E-state index is 5.40. The Morgan fingerprint density at radius 2 is 1.96 bits per heavy atom. The molecule has 0 amide bonds. The first-order valence-electron chi connectivity index (χ1n) is 8.76. The Morgan fingerprint density at radius 1 is 1.21 bits per heavy atom. The summed E-state index contributed by atoms with van der Waals surface area (Å²) in [5.41, 5.74) is 2.47. The monoisotopic (exact) mass is 334 g/mol. The lowest BCUT2D eigenvalue weighted by Gasteiger charge is -2.28. The highest BCUT2D eigenvalue weighted by Crippen LogP contribution is 2.17. The number of aliphatic imine (C=N–C) groups is 1. The standard InChI is InChI=1S/C18H30N4O2/c1-3-19-18(20-9-4-12-23-2)21-15-16-5-7-17(8-6-16)22-10-13-24-14-11-22/h5-8H,3-4,9-15H2,1-2H3,(H2,19,20,21). The summed E-state index contributed by atoms with van der Waals surface area (Å²) < 4.78 is 10.5. The summed E-state index contributed by atoms with van der Waals surface area (Å²) in [6.07, 6.45) is 0.967. The van der Waals surface area contributed by atoms with Crippen LogP contribution in [0, 0.1) is 0 Å². The van der Waals surface area contributed by atoms with Gasteiger partial charge < -0.3 is 25.0 Å². The Balaban J connectivity index is 1.85. The van der Waals surface area contributed by atoms with E-state index in [2.05, 4.69) is 51.7 Å². The Kier molecular flexibility index (Phi) is 8.41. The normalized spacial score (nSPS) is 15.4. The lowest BCUT2D eigenvalue weighted by Crippen LogP contribution is -2.38. The number of anilines is 1. The van der Waals surface area contributed by atoms with Gasteiger partial charge in [0.15, 0.2) is 5.96 Å². The van der Waals surface area contributed by atoms with Gasteiger partial charge in [-0.2, -0.15) is 0 Å². The highest BCUT2D eigenvalue weighted by Gasteiger charge is 2.10. The Labute approximate surface area is 145 Å². The number of guanidine groups is 1. The van der Waals surface area contributed by atoms with Gasteiger partial charge >= 0.3 is 0 Å². The Morgan fingerprint density at radius 3 is 2.62 bits per heavy atom. The Bertz CT molecular complexity index is 484. The van der Waals surface area contributed by atoms with Crippen LogP contribution in [-0.2, 0) is 16.0 Å². The molecule has 6 nitrogen and oxygen atoms in total. The lowest BCUT2D eigenvalue weighted by atomic mass is 10.2. The van der Waals surface area contributed by atoms with Crippen LogP contribution < -0.4 is 15.5 Å².